The molecule has 0 aliphatic rings. The number of rotatable bonds is 4. The molecule has 3 nitrogen and oxygen atoms in total. The Kier molecular flexibility index (Phi) is 4.07. The predicted octanol–water partition coefficient (Wildman–Crippen LogP) is 3.43. The maximum Gasteiger partial charge on any atom is 0.127 e. The highest BCUT2D eigenvalue weighted by molar-refractivity contribution is 5.85. The van der Waals surface area contributed by atoms with E-state index < -0.39 is 0 Å². The standard InChI is InChI=1S/C19H21N3/c1-2-15-11-17-16(7-4-8-18(17)22-19(15)21)10-13-5-3-6-14(9-13)12-20/h3-9,11H,2,10,12,20H2,1H3,(H2,21,22). The number of benzene rings is 2. The molecule has 3 rings (SSSR count). The van der Waals surface area contributed by atoms with E-state index in [1.54, 1.807) is 0 Å². The van der Waals surface area contributed by atoms with E-state index >= 15 is 0 Å². The summed E-state index contributed by atoms with van der Waals surface area (Å²) in [5, 5.41) is 1.19. The van der Waals surface area contributed by atoms with Gasteiger partial charge < -0.3 is 11.5 Å². The number of hydrogen-bond acceptors (Lipinski definition) is 3. The van der Waals surface area contributed by atoms with Crippen LogP contribution < -0.4 is 11.5 Å². The van der Waals surface area contributed by atoms with Crippen LogP contribution in [0.15, 0.2) is 48.5 Å². The van der Waals surface area contributed by atoms with Gasteiger partial charge in [0.15, 0.2) is 0 Å². The number of nitrogens with zero attached hydrogens (tertiary/aromatic N) is 1. The van der Waals surface area contributed by atoms with E-state index in [1.165, 1.54) is 16.5 Å². The molecule has 0 saturated heterocycles. The lowest BCUT2D eigenvalue weighted by Gasteiger charge is -2.10. The molecule has 0 bridgehead atoms. The Labute approximate surface area is 131 Å². The summed E-state index contributed by atoms with van der Waals surface area (Å²) in [7, 11) is 0. The number of fused-ring (bicyclic) bond motifs is 1. The first-order chi connectivity index (χ1) is 10.7. The summed E-state index contributed by atoms with van der Waals surface area (Å²) < 4.78 is 0. The molecule has 112 valence electrons. The smallest absolute Gasteiger partial charge is 0.127 e. The third-order valence-electron chi connectivity index (χ3n) is 4.06. The Balaban J connectivity index is 2.06. The van der Waals surface area contributed by atoms with E-state index in [1.807, 2.05) is 12.1 Å². The number of nitrogens with two attached hydrogens (primary N) is 2. The van der Waals surface area contributed by atoms with Crippen molar-refractivity contribution in [2.45, 2.75) is 26.3 Å². The first-order valence-corrected chi connectivity index (χ1v) is 7.66. The maximum absolute atomic E-state index is 6.01. The first-order valence-electron chi connectivity index (χ1n) is 7.66. The molecular formula is C19H21N3. The molecule has 0 radical (unpaired) electrons. The van der Waals surface area contributed by atoms with Crippen LogP contribution in [0.4, 0.5) is 5.82 Å². The highest BCUT2D eigenvalue weighted by Gasteiger charge is 2.07. The van der Waals surface area contributed by atoms with Crippen LogP contribution in [0.2, 0.25) is 0 Å². The lowest BCUT2D eigenvalue weighted by molar-refractivity contribution is 1.06. The van der Waals surface area contributed by atoms with Gasteiger partial charge in [0, 0.05) is 11.9 Å². The highest BCUT2D eigenvalue weighted by Crippen LogP contribution is 2.24. The Bertz CT molecular complexity index is 809. The van der Waals surface area contributed by atoms with E-state index in [-0.39, 0.29) is 0 Å². The van der Waals surface area contributed by atoms with Crippen LogP contribution in [0.1, 0.15) is 29.2 Å². The number of nitrogen functional groups attached to an aromatic ring is 1. The fourth-order valence-corrected chi connectivity index (χ4v) is 2.84. The van der Waals surface area contributed by atoms with Gasteiger partial charge in [0.2, 0.25) is 0 Å². The quantitative estimate of drug-likeness (QED) is 0.774. The van der Waals surface area contributed by atoms with Gasteiger partial charge in [0.05, 0.1) is 5.52 Å². The van der Waals surface area contributed by atoms with Crippen molar-refractivity contribution in [1.29, 1.82) is 0 Å². The lowest BCUT2D eigenvalue weighted by atomic mass is 9.98. The van der Waals surface area contributed by atoms with Gasteiger partial charge in [-0.05, 0) is 47.2 Å². The van der Waals surface area contributed by atoms with Gasteiger partial charge in [0.1, 0.15) is 5.82 Å². The van der Waals surface area contributed by atoms with E-state index in [0.717, 1.165) is 29.5 Å². The van der Waals surface area contributed by atoms with Crippen molar-refractivity contribution in [3.8, 4) is 0 Å². The predicted molar refractivity (Wildman–Crippen MR) is 92.7 cm³/mol. The van der Waals surface area contributed by atoms with Gasteiger partial charge in [-0.15, -0.1) is 0 Å². The third kappa shape index (κ3) is 2.81. The molecule has 0 unspecified atom stereocenters. The minimum absolute atomic E-state index is 0.571. The molecule has 0 aliphatic carbocycles. The van der Waals surface area contributed by atoms with Crippen molar-refractivity contribution in [3.05, 3.63) is 70.8 Å². The van der Waals surface area contributed by atoms with Crippen LogP contribution in [0.25, 0.3) is 10.9 Å². The molecule has 0 amide bonds. The summed E-state index contributed by atoms with van der Waals surface area (Å²) >= 11 is 0. The first kappa shape index (κ1) is 14.5. The van der Waals surface area contributed by atoms with Crippen molar-refractivity contribution in [2.75, 3.05) is 5.73 Å². The van der Waals surface area contributed by atoms with Gasteiger partial charge in [0.25, 0.3) is 0 Å². The van der Waals surface area contributed by atoms with Crippen LogP contribution >= 0.6 is 0 Å². The molecule has 22 heavy (non-hydrogen) atoms. The summed E-state index contributed by atoms with van der Waals surface area (Å²) in [6.07, 6.45) is 1.77. The molecule has 1 aromatic heterocycles. The summed E-state index contributed by atoms with van der Waals surface area (Å²) in [6.45, 7) is 2.67. The largest absolute Gasteiger partial charge is 0.383 e. The monoisotopic (exact) mass is 291 g/mol. The molecule has 3 heteroatoms. The Hall–Kier alpha value is -2.39. The Morgan fingerprint density at radius 2 is 1.73 bits per heavy atom. The maximum atomic E-state index is 6.01. The van der Waals surface area contributed by atoms with E-state index in [9.17, 15) is 0 Å². The van der Waals surface area contributed by atoms with Crippen LogP contribution in [0.5, 0.6) is 0 Å². The van der Waals surface area contributed by atoms with Crippen molar-refractivity contribution < 1.29 is 0 Å². The topological polar surface area (TPSA) is 64.9 Å². The van der Waals surface area contributed by atoms with Crippen molar-refractivity contribution >= 4 is 16.7 Å². The molecule has 2 aromatic carbocycles. The number of anilines is 1. The number of hydrogen-bond donors (Lipinski definition) is 2. The van der Waals surface area contributed by atoms with Crippen LogP contribution in [0.3, 0.4) is 0 Å². The molecule has 0 saturated carbocycles. The zero-order valence-corrected chi connectivity index (χ0v) is 12.8. The lowest BCUT2D eigenvalue weighted by Crippen LogP contribution is -2.00. The summed E-state index contributed by atoms with van der Waals surface area (Å²) in [4.78, 5) is 4.54. The molecule has 0 spiro atoms. The molecule has 0 fully saturated rings. The molecular weight excluding hydrogens is 270 g/mol. The molecule has 0 aliphatic heterocycles. The fraction of sp³-hybridized carbons (Fsp3) is 0.211. The minimum atomic E-state index is 0.571. The second-order valence-corrected chi connectivity index (χ2v) is 5.57. The summed E-state index contributed by atoms with van der Waals surface area (Å²) in [5.41, 5.74) is 17.5. The van der Waals surface area contributed by atoms with Crippen molar-refractivity contribution in [1.82, 2.24) is 4.98 Å². The van der Waals surface area contributed by atoms with Gasteiger partial charge in [-0.25, -0.2) is 4.98 Å². The summed E-state index contributed by atoms with van der Waals surface area (Å²) in [6, 6.07) is 16.8. The number of pyridine rings is 1. The summed E-state index contributed by atoms with van der Waals surface area (Å²) in [5.74, 6) is 0.636. The normalized spacial score (nSPS) is 11.0. The van der Waals surface area contributed by atoms with Gasteiger partial charge in [-0.1, -0.05) is 43.3 Å². The average molecular weight is 291 g/mol. The Morgan fingerprint density at radius 3 is 2.50 bits per heavy atom. The zero-order chi connectivity index (χ0) is 15.5. The van der Waals surface area contributed by atoms with Crippen LogP contribution in [0, 0.1) is 0 Å². The molecule has 0 atom stereocenters. The third-order valence-corrected chi connectivity index (χ3v) is 4.06. The van der Waals surface area contributed by atoms with Crippen molar-refractivity contribution in [2.24, 2.45) is 5.73 Å². The van der Waals surface area contributed by atoms with Crippen LogP contribution in [-0.2, 0) is 19.4 Å². The second kappa shape index (κ2) is 6.16. The molecule has 1 heterocycles. The highest BCUT2D eigenvalue weighted by atomic mass is 14.8. The molecule has 3 aromatic rings. The fourth-order valence-electron chi connectivity index (χ4n) is 2.84. The number of aromatic nitrogens is 1. The van der Waals surface area contributed by atoms with E-state index in [0.29, 0.717) is 12.4 Å². The average Bonchev–Trinajstić information content (AvgIpc) is 2.54. The minimum Gasteiger partial charge on any atom is -0.383 e. The van der Waals surface area contributed by atoms with E-state index in [2.05, 4.69) is 48.3 Å². The van der Waals surface area contributed by atoms with Gasteiger partial charge in [-0.3, -0.25) is 0 Å². The van der Waals surface area contributed by atoms with Crippen molar-refractivity contribution in [3.63, 3.8) is 0 Å². The number of aryl methyl sites for hydroxylation is 1. The molecule has 4 N–H and O–H groups in total. The van der Waals surface area contributed by atoms with E-state index in [4.69, 9.17) is 11.5 Å². The van der Waals surface area contributed by atoms with Gasteiger partial charge in [-0.2, -0.15) is 0 Å². The Morgan fingerprint density at radius 1 is 0.955 bits per heavy atom. The SMILES string of the molecule is CCc1cc2c(Cc3cccc(CN)c3)cccc2nc1N. The van der Waals surface area contributed by atoms with Crippen LogP contribution in [-0.4, -0.2) is 4.98 Å². The zero-order valence-electron chi connectivity index (χ0n) is 12.8. The second-order valence-electron chi connectivity index (χ2n) is 5.57. The van der Waals surface area contributed by atoms with Gasteiger partial charge >= 0.3 is 0 Å².